The largest absolute Gasteiger partial charge is 0.496 e. The fraction of sp³-hybridized carbons (Fsp3) is 0.217. The summed E-state index contributed by atoms with van der Waals surface area (Å²) < 4.78 is 13.1. The molecule has 0 aliphatic rings. The van der Waals surface area contributed by atoms with Crippen LogP contribution in [0.4, 0.5) is 0 Å². The third-order valence-electron chi connectivity index (χ3n) is 4.75. The van der Waals surface area contributed by atoms with Gasteiger partial charge >= 0.3 is 0 Å². The Kier molecular flexibility index (Phi) is 6.39. The summed E-state index contributed by atoms with van der Waals surface area (Å²) in [6.45, 7) is 4.16. The van der Waals surface area contributed by atoms with Gasteiger partial charge in [0.2, 0.25) is 0 Å². The minimum absolute atomic E-state index is 0.0824. The van der Waals surface area contributed by atoms with Gasteiger partial charge in [-0.05, 0) is 61.4 Å². The molecule has 0 bridgehead atoms. The lowest BCUT2D eigenvalue weighted by molar-refractivity contribution is 0.104. The number of hydrogen-bond acceptors (Lipinski definition) is 4. The highest BCUT2D eigenvalue weighted by molar-refractivity contribution is 6.30. The molecule has 0 saturated carbocycles. The van der Waals surface area contributed by atoms with Crippen molar-refractivity contribution in [2.24, 2.45) is 7.05 Å². The van der Waals surface area contributed by atoms with Gasteiger partial charge in [0.15, 0.2) is 5.78 Å². The monoisotopic (exact) mass is 410 g/mol. The van der Waals surface area contributed by atoms with Crippen LogP contribution in [0.5, 0.6) is 11.5 Å². The molecule has 0 spiro atoms. The molecule has 3 rings (SSSR count). The summed E-state index contributed by atoms with van der Waals surface area (Å²) in [6, 6.07) is 11.2. The summed E-state index contributed by atoms with van der Waals surface area (Å²) in [7, 11) is 3.44. The molecule has 150 valence electrons. The number of ketones is 1. The van der Waals surface area contributed by atoms with Crippen LogP contribution in [-0.4, -0.2) is 22.7 Å². The van der Waals surface area contributed by atoms with Crippen molar-refractivity contribution < 1.29 is 14.3 Å². The first kappa shape index (κ1) is 20.7. The molecule has 0 aliphatic heterocycles. The third kappa shape index (κ3) is 4.87. The number of benzene rings is 2. The van der Waals surface area contributed by atoms with Crippen LogP contribution >= 0.6 is 11.6 Å². The van der Waals surface area contributed by atoms with Crippen LogP contribution in [0.1, 0.15) is 32.7 Å². The molecule has 2 aromatic carbocycles. The zero-order valence-corrected chi connectivity index (χ0v) is 17.7. The number of ether oxygens (including phenoxy) is 2. The van der Waals surface area contributed by atoms with Gasteiger partial charge in [-0.15, -0.1) is 0 Å². The molecular formula is C23H23ClN2O3. The van der Waals surface area contributed by atoms with E-state index >= 15 is 0 Å². The van der Waals surface area contributed by atoms with Gasteiger partial charge in [-0.25, -0.2) is 0 Å². The second-order valence-corrected chi connectivity index (χ2v) is 7.17. The second-order valence-electron chi connectivity index (χ2n) is 6.73. The molecule has 0 radical (unpaired) electrons. The van der Waals surface area contributed by atoms with Crippen molar-refractivity contribution in [3.63, 3.8) is 0 Å². The molecule has 1 heterocycles. The van der Waals surface area contributed by atoms with Crippen LogP contribution in [0.15, 0.2) is 48.7 Å². The maximum absolute atomic E-state index is 12.4. The number of carbonyl (C=O) groups is 1. The normalized spacial score (nSPS) is 11.1. The molecule has 0 aliphatic carbocycles. The minimum Gasteiger partial charge on any atom is -0.496 e. The van der Waals surface area contributed by atoms with Crippen molar-refractivity contribution in [2.45, 2.75) is 20.5 Å². The number of rotatable bonds is 7. The first-order valence-corrected chi connectivity index (χ1v) is 9.53. The number of allylic oxidation sites excluding steroid dienone is 1. The lowest BCUT2D eigenvalue weighted by Gasteiger charge is -2.13. The molecule has 0 saturated heterocycles. The van der Waals surface area contributed by atoms with E-state index in [0.717, 1.165) is 33.9 Å². The van der Waals surface area contributed by atoms with E-state index in [4.69, 9.17) is 21.1 Å². The number of aryl methyl sites for hydroxylation is 2. The Morgan fingerprint density at radius 3 is 2.59 bits per heavy atom. The Morgan fingerprint density at radius 2 is 1.93 bits per heavy atom. The highest BCUT2D eigenvalue weighted by atomic mass is 35.5. The van der Waals surface area contributed by atoms with Crippen molar-refractivity contribution in [3.8, 4) is 11.5 Å². The van der Waals surface area contributed by atoms with Crippen LogP contribution in [0.25, 0.3) is 6.08 Å². The number of carbonyl (C=O) groups excluding carboxylic acids is 1. The summed E-state index contributed by atoms with van der Waals surface area (Å²) in [5.41, 5.74) is 4.16. The molecule has 5 nitrogen and oxygen atoms in total. The van der Waals surface area contributed by atoms with Crippen LogP contribution < -0.4 is 9.47 Å². The quantitative estimate of drug-likeness (QED) is 0.398. The van der Waals surface area contributed by atoms with Gasteiger partial charge in [0, 0.05) is 23.3 Å². The van der Waals surface area contributed by atoms with Crippen molar-refractivity contribution in [2.75, 3.05) is 7.11 Å². The van der Waals surface area contributed by atoms with Gasteiger partial charge in [0.05, 0.1) is 18.9 Å². The molecule has 6 heteroatoms. The zero-order chi connectivity index (χ0) is 21.0. The lowest BCUT2D eigenvalue weighted by atomic mass is 10.1. The van der Waals surface area contributed by atoms with E-state index in [9.17, 15) is 4.79 Å². The summed E-state index contributed by atoms with van der Waals surface area (Å²) >= 11 is 6.00. The molecule has 3 aromatic rings. The van der Waals surface area contributed by atoms with Crippen LogP contribution in [0.3, 0.4) is 0 Å². The number of hydrogen-bond donors (Lipinski definition) is 0. The maximum Gasteiger partial charge on any atom is 0.189 e. The van der Waals surface area contributed by atoms with Crippen molar-refractivity contribution >= 4 is 23.5 Å². The second kappa shape index (κ2) is 8.97. The van der Waals surface area contributed by atoms with Crippen LogP contribution in [-0.2, 0) is 13.7 Å². The van der Waals surface area contributed by atoms with Crippen LogP contribution in [0.2, 0.25) is 5.02 Å². The number of halogens is 1. The average molecular weight is 411 g/mol. The van der Waals surface area contributed by atoms with E-state index in [1.807, 2.05) is 51.2 Å². The SMILES string of the molecule is COc1ccc(/C=C/C(=O)c2cnn(C)c2C)cc1COc1ccc(Cl)cc1C. The summed E-state index contributed by atoms with van der Waals surface area (Å²) in [5.74, 6) is 1.41. The number of aromatic nitrogens is 2. The van der Waals surface area contributed by atoms with Crippen molar-refractivity contribution in [1.82, 2.24) is 9.78 Å². The highest BCUT2D eigenvalue weighted by Gasteiger charge is 2.10. The standard InChI is InChI=1S/C23H23ClN2O3/c1-15-11-19(24)7-10-22(15)29-14-18-12-17(6-9-23(18)28-4)5-8-21(27)20-13-25-26(3)16(20)2/h5-13H,14H2,1-4H3/b8-5+. The van der Waals surface area contributed by atoms with Gasteiger partial charge < -0.3 is 9.47 Å². The highest BCUT2D eigenvalue weighted by Crippen LogP contribution is 2.26. The Hall–Kier alpha value is -3.05. The Bertz CT molecular complexity index is 1070. The topological polar surface area (TPSA) is 53.3 Å². The van der Waals surface area contributed by atoms with E-state index in [1.165, 1.54) is 0 Å². The maximum atomic E-state index is 12.4. The molecule has 0 amide bonds. The summed E-state index contributed by atoms with van der Waals surface area (Å²) in [5, 5.41) is 4.79. The molecule has 0 unspecified atom stereocenters. The van der Waals surface area contributed by atoms with E-state index in [-0.39, 0.29) is 5.78 Å². The third-order valence-corrected chi connectivity index (χ3v) is 4.99. The van der Waals surface area contributed by atoms with Gasteiger partial charge in [-0.3, -0.25) is 9.48 Å². The molecular weight excluding hydrogens is 388 g/mol. The summed E-state index contributed by atoms with van der Waals surface area (Å²) in [6.07, 6.45) is 4.93. The first-order chi connectivity index (χ1) is 13.9. The number of methoxy groups -OCH3 is 1. The van der Waals surface area contributed by atoms with E-state index in [0.29, 0.717) is 17.2 Å². The molecule has 29 heavy (non-hydrogen) atoms. The molecule has 0 N–H and O–H groups in total. The van der Waals surface area contributed by atoms with Gasteiger partial charge in [-0.2, -0.15) is 5.10 Å². The smallest absolute Gasteiger partial charge is 0.189 e. The van der Waals surface area contributed by atoms with E-state index in [1.54, 1.807) is 36.2 Å². The minimum atomic E-state index is -0.0824. The Balaban J connectivity index is 1.77. The fourth-order valence-corrected chi connectivity index (χ4v) is 3.17. The first-order valence-electron chi connectivity index (χ1n) is 9.16. The van der Waals surface area contributed by atoms with Gasteiger partial charge in [0.25, 0.3) is 0 Å². The molecule has 0 atom stereocenters. The van der Waals surface area contributed by atoms with Crippen LogP contribution in [0, 0.1) is 13.8 Å². The predicted octanol–water partition coefficient (Wildman–Crippen LogP) is 5.17. The van der Waals surface area contributed by atoms with Gasteiger partial charge in [0.1, 0.15) is 18.1 Å². The average Bonchev–Trinajstić information content (AvgIpc) is 3.04. The molecule has 0 fully saturated rings. The Labute approximate surface area is 175 Å². The predicted molar refractivity (Wildman–Crippen MR) is 115 cm³/mol. The van der Waals surface area contributed by atoms with E-state index < -0.39 is 0 Å². The van der Waals surface area contributed by atoms with Crippen molar-refractivity contribution in [3.05, 3.63) is 81.6 Å². The van der Waals surface area contributed by atoms with E-state index in [2.05, 4.69) is 5.10 Å². The zero-order valence-electron chi connectivity index (χ0n) is 16.9. The fourth-order valence-electron chi connectivity index (χ4n) is 2.95. The molecule has 1 aromatic heterocycles. The lowest BCUT2D eigenvalue weighted by Crippen LogP contribution is -2.01. The summed E-state index contributed by atoms with van der Waals surface area (Å²) in [4.78, 5) is 12.4. The van der Waals surface area contributed by atoms with Crippen molar-refractivity contribution in [1.29, 1.82) is 0 Å². The number of nitrogens with zero attached hydrogens (tertiary/aromatic N) is 2. The Morgan fingerprint density at radius 1 is 1.17 bits per heavy atom. The van der Waals surface area contributed by atoms with Gasteiger partial charge in [-0.1, -0.05) is 23.7 Å².